The van der Waals surface area contributed by atoms with Gasteiger partial charge in [0, 0.05) is 19.3 Å². The van der Waals surface area contributed by atoms with Crippen molar-refractivity contribution in [2.75, 3.05) is 6.54 Å². The molecule has 0 spiro atoms. The highest BCUT2D eigenvalue weighted by Gasteiger charge is 2.15. The summed E-state index contributed by atoms with van der Waals surface area (Å²) in [4.78, 5) is 0.172. The molecule has 1 aromatic carbocycles. The molecule has 3 N–H and O–H groups in total. The summed E-state index contributed by atoms with van der Waals surface area (Å²) in [6.07, 6.45) is 3.63. The second kappa shape index (κ2) is 6.65. The topological polar surface area (TPSA) is 90.0 Å². The minimum absolute atomic E-state index is 0.172. The summed E-state index contributed by atoms with van der Waals surface area (Å²) in [5.74, 6) is 0. The minimum Gasteiger partial charge on any atom is -0.330 e. The number of nitrogens with zero attached hydrogens (tertiary/aromatic N) is 2. The Kier molecular flexibility index (Phi) is 4.89. The van der Waals surface area contributed by atoms with Crippen LogP contribution in [0.5, 0.6) is 0 Å². The Balaban J connectivity index is 2.01. The highest BCUT2D eigenvalue weighted by Crippen LogP contribution is 2.08. The van der Waals surface area contributed by atoms with Crippen molar-refractivity contribution >= 4 is 10.0 Å². The van der Waals surface area contributed by atoms with Crippen LogP contribution in [0.1, 0.15) is 12.0 Å². The van der Waals surface area contributed by atoms with Gasteiger partial charge in [-0.2, -0.15) is 5.10 Å². The zero-order chi connectivity index (χ0) is 14.4. The van der Waals surface area contributed by atoms with Crippen molar-refractivity contribution in [3.05, 3.63) is 48.3 Å². The number of rotatable bonds is 7. The van der Waals surface area contributed by atoms with Crippen molar-refractivity contribution < 1.29 is 8.42 Å². The third-order valence-corrected chi connectivity index (χ3v) is 4.18. The Morgan fingerprint density at radius 2 is 2.00 bits per heavy atom. The van der Waals surface area contributed by atoms with Crippen LogP contribution in [0.3, 0.4) is 0 Å². The molecular weight excluding hydrogens is 276 g/mol. The molecule has 2 aromatic rings. The van der Waals surface area contributed by atoms with Gasteiger partial charge in [-0.1, -0.05) is 30.3 Å². The first-order chi connectivity index (χ1) is 9.62. The van der Waals surface area contributed by atoms with Gasteiger partial charge >= 0.3 is 0 Å². The van der Waals surface area contributed by atoms with E-state index in [1.165, 1.54) is 12.4 Å². The second-order valence-electron chi connectivity index (χ2n) is 4.39. The molecule has 0 fully saturated rings. The predicted octanol–water partition coefficient (Wildman–Crippen LogP) is 0.710. The lowest BCUT2D eigenvalue weighted by Crippen LogP contribution is -2.22. The number of nitrogens with one attached hydrogen (secondary N) is 1. The van der Waals surface area contributed by atoms with Crippen molar-refractivity contribution in [1.29, 1.82) is 0 Å². The average Bonchev–Trinajstić information content (AvgIpc) is 2.94. The monoisotopic (exact) mass is 294 g/mol. The molecule has 7 heteroatoms. The van der Waals surface area contributed by atoms with Crippen molar-refractivity contribution in [2.24, 2.45) is 5.73 Å². The van der Waals surface area contributed by atoms with E-state index in [0.29, 0.717) is 13.1 Å². The maximum absolute atomic E-state index is 12.1. The molecule has 20 heavy (non-hydrogen) atoms. The van der Waals surface area contributed by atoms with Gasteiger partial charge in [-0.05, 0) is 18.5 Å². The predicted molar refractivity (Wildman–Crippen MR) is 76.4 cm³/mol. The summed E-state index contributed by atoms with van der Waals surface area (Å²) in [5, 5.41) is 4.02. The Bertz CT molecular complexity index is 637. The van der Waals surface area contributed by atoms with E-state index in [1.54, 1.807) is 4.68 Å². The molecule has 0 saturated carbocycles. The zero-order valence-corrected chi connectivity index (χ0v) is 11.9. The van der Waals surface area contributed by atoms with Crippen LogP contribution >= 0.6 is 0 Å². The van der Waals surface area contributed by atoms with Crippen molar-refractivity contribution in [3.63, 3.8) is 0 Å². The van der Waals surface area contributed by atoms with E-state index in [-0.39, 0.29) is 11.4 Å². The average molecular weight is 294 g/mol. The van der Waals surface area contributed by atoms with E-state index in [4.69, 9.17) is 5.73 Å². The third-order valence-electron chi connectivity index (χ3n) is 2.82. The molecule has 0 saturated heterocycles. The molecule has 0 aliphatic rings. The van der Waals surface area contributed by atoms with Gasteiger partial charge in [0.15, 0.2) is 0 Å². The van der Waals surface area contributed by atoms with Crippen molar-refractivity contribution in [3.8, 4) is 0 Å². The van der Waals surface area contributed by atoms with Crippen LogP contribution in [-0.2, 0) is 23.1 Å². The number of hydrogen-bond acceptors (Lipinski definition) is 4. The molecule has 0 aliphatic heterocycles. The standard InChI is InChI=1S/C13H18N4O2S/c14-7-4-8-17-11-13(10-15-17)20(18,19)16-9-12-5-2-1-3-6-12/h1-3,5-6,10-11,16H,4,7-9,14H2. The van der Waals surface area contributed by atoms with Gasteiger partial charge < -0.3 is 5.73 Å². The van der Waals surface area contributed by atoms with Crippen LogP contribution in [0.4, 0.5) is 0 Å². The van der Waals surface area contributed by atoms with Crippen LogP contribution in [0, 0.1) is 0 Å². The smallest absolute Gasteiger partial charge is 0.243 e. The SMILES string of the molecule is NCCCn1cc(S(=O)(=O)NCc2ccccc2)cn1. The first-order valence-corrected chi connectivity index (χ1v) is 7.86. The molecule has 1 aromatic heterocycles. The van der Waals surface area contributed by atoms with E-state index in [2.05, 4.69) is 9.82 Å². The van der Waals surface area contributed by atoms with Crippen LogP contribution in [0.2, 0.25) is 0 Å². The van der Waals surface area contributed by atoms with Crippen LogP contribution in [-0.4, -0.2) is 24.7 Å². The summed E-state index contributed by atoms with van der Waals surface area (Å²) in [5.41, 5.74) is 6.32. The van der Waals surface area contributed by atoms with E-state index in [1.807, 2.05) is 30.3 Å². The molecule has 6 nitrogen and oxygen atoms in total. The maximum Gasteiger partial charge on any atom is 0.243 e. The van der Waals surface area contributed by atoms with Crippen molar-refractivity contribution in [1.82, 2.24) is 14.5 Å². The lowest BCUT2D eigenvalue weighted by molar-refractivity contribution is 0.576. The van der Waals surface area contributed by atoms with E-state index in [9.17, 15) is 8.42 Å². The fourth-order valence-corrected chi connectivity index (χ4v) is 2.69. The first-order valence-electron chi connectivity index (χ1n) is 6.38. The van der Waals surface area contributed by atoms with Gasteiger partial charge in [0.2, 0.25) is 10.0 Å². The van der Waals surface area contributed by atoms with Gasteiger partial charge in [0.1, 0.15) is 4.90 Å². The Hall–Kier alpha value is -1.70. The Labute approximate surface area is 118 Å². The van der Waals surface area contributed by atoms with Gasteiger partial charge in [-0.25, -0.2) is 13.1 Å². The lowest BCUT2D eigenvalue weighted by Gasteiger charge is -2.04. The molecular formula is C13H18N4O2S. The van der Waals surface area contributed by atoms with Crippen molar-refractivity contribution in [2.45, 2.75) is 24.4 Å². The highest BCUT2D eigenvalue weighted by molar-refractivity contribution is 7.89. The normalized spacial score (nSPS) is 11.7. The molecule has 0 unspecified atom stereocenters. The zero-order valence-electron chi connectivity index (χ0n) is 11.1. The number of nitrogens with two attached hydrogens (primary N) is 1. The molecule has 0 atom stereocenters. The third kappa shape index (κ3) is 3.89. The fourth-order valence-electron chi connectivity index (χ4n) is 1.72. The lowest BCUT2D eigenvalue weighted by atomic mass is 10.2. The quantitative estimate of drug-likeness (QED) is 0.787. The van der Waals surface area contributed by atoms with E-state index in [0.717, 1.165) is 12.0 Å². The van der Waals surface area contributed by atoms with E-state index < -0.39 is 10.0 Å². The Morgan fingerprint density at radius 3 is 2.70 bits per heavy atom. The van der Waals surface area contributed by atoms with Gasteiger partial charge in [-0.3, -0.25) is 4.68 Å². The largest absolute Gasteiger partial charge is 0.330 e. The number of aryl methyl sites for hydroxylation is 1. The summed E-state index contributed by atoms with van der Waals surface area (Å²) >= 11 is 0. The molecule has 2 rings (SSSR count). The van der Waals surface area contributed by atoms with Crippen LogP contribution in [0.25, 0.3) is 0 Å². The molecule has 0 radical (unpaired) electrons. The van der Waals surface area contributed by atoms with Gasteiger partial charge in [-0.15, -0.1) is 0 Å². The molecule has 0 aliphatic carbocycles. The molecule has 108 valence electrons. The maximum atomic E-state index is 12.1. The summed E-state index contributed by atoms with van der Waals surface area (Å²) < 4.78 is 28.3. The van der Waals surface area contributed by atoms with E-state index >= 15 is 0 Å². The van der Waals surface area contributed by atoms with Crippen LogP contribution < -0.4 is 10.5 Å². The second-order valence-corrected chi connectivity index (χ2v) is 6.16. The van der Waals surface area contributed by atoms with Gasteiger partial charge in [0.05, 0.1) is 6.20 Å². The fraction of sp³-hybridized carbons (Fsp3) is 0.308. The van der Waals surface area contributed by atoms with Crippen LogP contribution in [0.15, 0.2) is 47.6 Å². The van der Waals surface area contributed by atoms with Gasteiger partial charge in [0.25, 0.3) is 0 Å². The summed E-state index contributed by atoms with van der Waals surface area (Å²) in [6, 6.07) is 9.36. The highest BCUT2D eigenvalue weighted by atomic mass is 32.2. The molecule has 0 bridgehead atoms. The summed E-state index contributed by atoms with van der Waals surface area (Å²) in [7, 11) is -3.53. The number of aromatic nitrogens is 2. The number of sulfonamides is 1. The minimum atomic E-state index is -3.53. The molecule has 0 amide bonds. The molecule has 1 heterocycles. The number of hydrogen-bond donors (Lipinski definition) is 2. The summed E-state index contributed by atoms with van der Waals surface area (Å²) in [6.45, 7) is 1.43. The number of benzene rings is 1. The first kappa shape index (κ1) is 14.7. The Morgan fingerprint density at radius 1 is 1.25 bits per heavy atom.